The second kappa shape index (κ2) is 6.37. The summed E-state index contributed by atoms with van der Waals surface area (Å²) in [7, 11) is 0. The molecule has 0 radical (unpaired) electrons. The Bertz CT molecular complexity index is 328. The van der Waals surface area contributed by atoms with Gasteiger partial charge in [0, 0.05) is 6.54 Å². The van der Waals surface area contributed by atoms with E-state index in [9.17, 15) is 9.59 Å². The number of hydrogen-bond acceptors (Lipinski definition) is 3. The zero-order valence-electron chi connectivity index (χ0n) is 12.1. The van der Waals surface area contributed by atoms with Crippen LogP contribution in [-0.2, 0) is 9.59 Å². The third-order valence-corrected chi connectivity index (χ3v) is 3.98. The van der Waals surface area contributed by atoms with E-state index in [2.05, 4.69) is 5.32 Å². The summed E-state index contributed by atoms with van der Waals surface area (Å²) in [5, 5.41) is 11.8. The van der Waals surface area contributed by atoms with Crippen LogP contribution in [0.5, 0.6) is 0 Å². The first-order valence-electron chi connectivity index (χ1n) is 6.98. The third-order valence-electron chi connectivity index (χ3n) is 3.98. The number of amides is 1. The molecule has 1 saturated carbocycles. The van der Waals surface area contributed by atoms with E-state index in [4.69, 9.17) is 10.8 Å². The Hall–Kier alpha value is -1.10. The average molecular weight is 270 g/mol. The molecule has 5 nitrogen and oxygen atoms in total. The van der Waals surface area contributed by atoms with E-state index in [-0.39, 0.29) is 17.2 Å². The van der Waals surface area contributed by atoms with Crippen LogP contribution in [-0.4, -0.2) is 29.6 Å². The SMILES string of the molecule is CC(C)(C)[C@@H](N)C(=O)NCC1CCC(C(=O)O)CC1. The molecule has 0 aromatic carbocycles. The first-order chi connectivity index (χ1) is 8.71. The van der Waals surface area contributed by atoms with Crippen molar-refractivity contribution in [3.63, 3.8) is 0 Å². The minimum atomic E-state index is -0.697. The van der Waals surface area contributed by atoms with Gasteiger partial charge >= 0.3 is 5.97 Å². The molecule has 0 aromatic heterocycles. The van der Waals surface area contributed by atoms with Crippen LogP contribution in [0, 0.1) is 17.3 Å². The molecule has 1 rings (SSSR count). The Kier molecular flexibility index (Phi) is 5.35. The van der Waals surface area contributed by atoms with Gasteiger partial charge in [-0.2, -0.15) is 0 Å². The first-order valence-corrected chi connectivity index (χ1v) is 6.98. The highest BCUT2D eigenvalue weighted by molar-refractivity contribution is 5.82. The second-order valence-corrected chi connectivity index (χ2v) is 6.64. The van der Waals surface area contributed by atoms with Gasteiger partial charge in [-0.1, -0.05) is 20.8 Å². The molecule has 0 aromatic rings. The van der Waals surface area contributed by atoms with Crippen LogP contribution in [0.3, 0.4) is 0 Å². The minimum Gasteiger partial charge on any atom is -0.481 e. The molecule has 1 fully saturated rings. The second-order valence-electron chi connectivity index (χ2n) is 6.64. The lowest BCUT2D eigenvalue weighted by atomic mass is 9.82. The number of carbonyl (C=O) groups is 2. The van der Waals surface area contributed by atoms with Crippen molar-refractivity contribution in [3.05, 3.63) is 0 Å². The number of hydrogen-bond donors (Lipinski definition) is 3. The Morgan fingerprint density at radius 1 is 1.26 bits per heavy atom. The van der Waals surface area contributed by atoms with Gasteiger partial charge < -0.3 is 16.2 Å². The maximum atomic E-state index is 11.9. The smallest absolute Gasteiger partial charge is 0.306 e. The lowest BCUT2D eigenvalue weighted by Gasteiger charge is -2.29. The van der Waals surface area contributed by atoms with E-state index in [1.165, 1.54) is 0 Å². The van der Waals surface area contributed by atoms with Crippen LogP contribution in [0.25, 0.3) is 0 Å². The monoisotopic (exact) mass is 270 g/mol. The number of nitrogens with one attached hydrogen (secondary N) is 1. The zero-order valence-corrected chi connectivity index (χ0v) is 12.1. The molecule has 1 amide bonds. The topological polar surface area (TPSA) is 92.4 Å². The molecule has 1 atom stereocenters. The molecule has 1 aliphatic rings. The van der Waals surface area contributed by atoms with E-state index in [0.717, 1.165) is 12.8 Å². The number of carboxylic acids is 1. The molecule has 1 aliphatic carbocycles. The summed E-state index contributed by atoms with van der Waals surface area (Å²) in [6.07, 6.45) is 3.15. The van der Waals surface area contributed by atoms with E-state index in [1.807, 2.05) is 20.8 Å². The van der Waals surface area contributed by atoms with Crippen molar-refractivity contribution in [1.29, 1.82) is 0 Å². The van der Waals surface area contributed by atoms with Crippen molar-refractivity contribution in [2.45, 2.75) is 52.5 Å². The van der Waals surface area contributed by atoms with Crippen molar-refractivity contribution in [3.8, 4) is 0 Å². The Labute approximate surface area is 114 Å². The summed E-state index contributed by atoms with van der Waals surface area (Å²) in [5.41, 5.74) is 5.64. The van der Waals surface area contributed by atoms with Gasteiger partial charge in [-0.25, -0.2) is 0 Å². The van der Waals surface area contributed by atoms with Gasteiger partial charge in [0.25, 0.3) is 0 Å². The summed E-state index contributed by atoms with van der Waals surface area (Å²) in [5.74, 6) is -0.638. The van der Waals surface area contributed by atoms with Gasteiger partial charge in [0.05, 0.1) is 12.0 Å². The fraction of sp³-hybridized carbons (Fsp3) is 0.857. The molecular formula is C14H26N2O3. The summed E-state index contributed by atoms with van der Waals surface area (Å²) in [6.45, 7) is 6.43. The third kappa shape index (κ3) is 4.82. The van der Waals surface area contributed by atoms with Crippen molar-refractivity contribution >= 4 is 11.9 Å². The summed E-state index contributed by atoms with van der Waals surface area (Å²) >= 11 is 0. The van der Waals surface area contributed by atoms with Crippen molar-refractivity contribution in [2.24, 2.45) is 23.0 Å². The fourth-order valence-corrected chi connectivity index (χ4v) is 2.36. The van der Waals surface area contributed by atoms with Gasteiger partial charge in [-0.05, 0) is 37.0 Å². The predicted octanol–water partition coefficient (Wildman–Crippen LogP) is 1.37. The maximum Gasteiger partial charge on any atom is 0.306 e. The van der Waals surface area contributed by atoms with Gasteiger partial charge in [0.2, 0.25) is 5.91 Å². The number of carbonyl (C=O) groups excluding carboxylic acids is 1. The highest BCUT2D eigenvalue weighted by Crippen LogP contribution is 2.28. The largest absolute Gasteiger partial charge is 0.481 e. The molecule has 0 spiro atoms. The molecule has 5 heteroatoms. The lowest BCUT2D eigenvalue weighted by Crippen LogP contribution is -2.49. The number of carboxylic acid groups (broad SMARTS) is 1. The van der Waals surface area contributed by atoms with Crippen LogP contribution in [0.4, 0.5) is 0 Å². The highest BCUT2D eigenvalue weighted by Gasteiger charge is 2.29. The highest BCUT2D eigenvalue weighted by atomic mass is 16.4. The van der Waals surface area contributed by atoms with Gasteiger partial charge in [0.15, 0.2) is 0 Å². The van der Waals surface area contributed by atoms with Crippen LogP contribution in [0.15, 0.2) is 0 Å². The first kappa shape index (κ1) is 16.0. The van der Waals surface area contributed by atoms with Crippen LogP contribution >= 0.6 is 0 Å². The molecule has 110 valence electrons. The lowest BCUT2D eigenvalue weighted by molar-refractivity contribution is -0.143. The molecule has 0 bridgehead atoms. The van der Waals surface area contributed by atoms with Gasteiger partial charge in [-0.3, -0.25) is 9.59 Å². The Morgan fingerprint density at radius 2 is 1.79 bits per heavy atom. The average Bonchev–Trinajstić information content (AvgIpc) is 2.34. The quantitative estimate of drug-likeness (QED) is 0.719. The number of rotatable bonds is 4. The molecule has 0 heterocycles. The van der Waals surface area contributed by atoms with Crippen LogP contribution in [0.1, 0.15) is 46.5 Å². The fourth-order valence-electron chi connectivity index (χ4n) is 2.36. The summed E-state index contributed by atoms with van der Waals surface area (Å²) < 4.78 is 0. The van der Waals surface area contributed by atoms with E-state index >= 15 is 0 Å². The molecule has 4 N–H and O–H groups in total. The van der Waals surface area contributed by atoms with Gasteiger partial charge in [0.1, 0.15) is 0 Å². The maximum absolute atomic E-state index is 11.9. The summed E-state index contributed by atoms with van der Waals surface area (Å²) in [4.78, 5) is 22.7. The Balaban J connectivity index is 2.31. The van der Waals surface area contributed by atoms with E-state index in [1.54, 1.807) is 0 Å². The van der Waals surface area contributed by atoms with Crippen molar-refractivity contribution < 1.29 is 14.7 Å². The zero-order chi connectivity index (χ0) is 14.6. The van der Waals surface area contributed by atoms with Crippen molar-refractivity contribution in [2.75, 3.05) is 6.54 Å². The normalized spacial score (nSPS) is 25.7. The Morgan fingerprint density at radius 3 is 2.21 bits per heavy atom. The van der Waals surface area contributed by atoms with E-state index < -0.39 is 12.0 Å². The minimum absolute atomic E-state index is 0.118. The van der Waals surface area contributed by atoms with Crippen LogP contribution < -0.4 is 11.1 Å². The number of aliphatic carboxylic acids is 1. The molecule has 0 saturated heterocycles. The summed E-state index contributed by atoms with van der Waals surface area (Å²) in [6, 6.07) is -0.511. The molecule has 19 heavy (non-hydrogen) atoms. The van der Waals surface area contributed by atoms with E-state index in [0.29, 0.717) is 25.3 Å². The molecule has 0 aliphatic heterocycles. The van der Waals surface area contributed by atoms with Crippen molar-refractivity contribution in [1.82, 2.24) is 5.32 Å². The van der Waals surface area contributed by atoms with Gasteiger partial charge in [-0.15, -0.1) is 0 Å². The van der Waals surface area contributed by atoms with Crippen LogP contribution in [0.2, 0.25) is 0 Å². The standard InChI is InChI=1S/C14H26N2O3/c1-14(2,3)11(15)12(17)16-8-9-4-6-10(7-5-9)13(18)19/h9-11H,4-8,15H2,1-3H3,(H,16,17)(H,18,19)/t9?,10?,11-/m0/s1. The molecule has 0 unspecified atom stereocenters. The molecular weight excluding hydrogens is 244 g/mol. The predicted molar refractivity (Wildman–Crippen MR) is 73.5 cm³/mol. The number of nitrogens with two attached hydrogens (primary N) is 1.